The molecule has 84 valence electrons. The predicted octanol–water partition coefficient (Wildman–Crippen LogP) is 1.68. The van der Waals surface area contributed by atoms with Gasteiger partial charge in [-0.2, -0.15) is 11.8 Å². The van der Waals surface area contributed by atoms with Gasteiger partial charge < -0.3 is 10.4 Å². The predicted molar refractivity (Wildman–Crippen MR) is 61.8 cm³/mol. The Bertz CT molecular complexity index is 174. The van der Waals surface area contributed by atoms with Crippen LogP contribution in [0.4, 0.5) is 0 Å². The molecule has 0 saturated carbocycles. The summed E-state index contributed by atoms with van der Waals surface area (Å²) in [6.07, 6.45) is 2.06. The van der Waals surface area contributed by atoms with Crippen molar-refractivity contribution >= 4 is 17.7 Å². The first kappa shape index (κ1) is 13.8. The van der Waals surface area contributed by atoms with Crippen molar-refractivity contribution in [3.05, 3.63) is 0 Å². The number of carboxylic acids is 1. The van der Waals surface area contributed by atoms with E-state index in [9.17, 15) is 4.79 Å². The molecule has 2 atom stereocenters. The van der Waals surface area contributed by atoms with Crippen LogP contribution >= 0.6 is 11.8 Å². The van der Waals surface area contributed by atoms with Gasteiger partial charge in [0.1, 0.15) is 6.04 Å². The first-order chi connectivity index (χ1) is 6.49. The molecular formula is C10H21NO2S. The van der Waals surface area contributed by atoms with Crippen molar-refractivity contribution in [2.45, 2.75) is 26.8 Å². The van der Waals surface area contributed by atoms with Gasteiger partial charge in [-0.25, -0.2) is 0 Å². The van der Waals surface area contributed by atoms with Gasteiger partial charge >= 0.3 is 5.97 Å². The minimum atomic E-state index is -0.753. The summed E-state index contributed by atoms with van der Waals surface area (Å²) in [5.41, 5.74) is 0. The lowest BCUT2D eigenvalue weighted by Crippen LogP contribution is -2.43. The van der Waals surface area contributed by atoms with E-state index in [1.165, 1.54) is 0 Å². The van der Waals surface area contributed by atoms with E-state index < -0.39 is 12.0 Å². The summed E-state index contributed by atoms with van der Waals surface area (Å²) in [5, 5.41) is 12.0. The molecule has 0 aliphatic heterocycles. The summed E-state index contributed by atoms with van der Waals surface area (Å²) >= 11 is 1.79. The first-order valence-corrected chi connectivity index (χ1v) is 6.33. The van der Waals surface area contributed by atoms with Gasteiger partial charge in [-0.3, -0.25) is 4.79 Å². The molecule has 0 radical (unpaired) electrons. The lowest BCUT2D eigenvalue weighted by atomic mass is 10.0. The second kappa shape index (κ2) is 7.12. The maximum absolute atomic E-state index is 10.8. The zero-order valence-corrected chi connectivity index (χ0v) is 10.2. The number of aliphatic carboxylic acids is 1. The van der Waals surface area contributed by atoms with Crippen LogP contribution in [0.1, 0.15) is 20.8 Å². The number of thioether (sulfide) groups is 1. The van der Waals surface area contributed by atoms with Gasteiger partial charge in [-0.05, 0) is 30.4 Å². The Morgan fingerprint density at radius 3 is 2.36 bits per heavy atom. The third-order valence-electron chi connectivity index (χ3n) is 2.07. The average Bonchev–Trinajstić information content (AvgIpc) is 2.03. The van der Waals surface area contributed by atoms with Crippen molar-refractivity contribution in [3.8, 4) is 0 Å². The van der Waals surface area contributed by atoms with Gasteiger partial charge in [0, 0.05) is 0 Å². The Balaban J connectivity index is 3.88. The molecular weight excluding hydrogens is 198 g/mol. The molecule has 0 bridgehead atoms. The highest BCUT2D eigenvalue weighted by atomic mass is 32.2. The molecule has 0 aromatic rings. The third-order valence-corrected chi connectivity index (χ3v) is 2.97. The molecule has 0 spiro atoms. The maximum Gasteiger partial charge on any atom is 0.320 e. The molecule has 0 fully saturated rings. The smallest absolute Gasteiger partial charge is 0.320 e. The van der Waals surface area contributed by atoms with Crippen LogP contribution in [0, 0.1) is 11.8 Å². The summed E-state index contributed by atoms with van der Waals surface area (Å²) in [6.45, 7) is 6.74. The van der Waals surface area contributed by atoms with Crippen molar-refractivity contribution in [3.63, 3.8) is 0 Å². The maximum atomic E-state index is 10.8. The highest BCUT2D eigenvalue weighted by Gasteiger charge is 2.20. The van der Waals surface area contributed by atoms with Crippen molar-refractivity contribution in [1.29, 1.82) is 0 Å². The third kappa shape index (κ3) is 5.50. The van der Waals surface area contributed by atoms with Crippen LogP contribution in [0.3, 0.4) is 0 Å². The Morgan fingerprint density at radius 2 is 2.00 bits per heavy atom. The molecule has 14 heavy (non-hydrogen) atoms. The second-order valence-electron chi connectivity index (χ2n) is 4.03. The quantitative estimate of drug-likeness (QED) is 0.684. The van der Waals surface area contributed by atoms with Gasteiger partial charge in [0.15, 0.2) is 0 Å². The zero-order valence-electron chi connectivity index (χ0n) is 9.41. The fourth-order valence-electron chi connectivity index (χ4n) is 1.28. The van der Waals surface area contributed by atoms with E-state index in [0.717, 1.165) is 12.3 Å². The van der Waals surface area contributed by atoms with Gasteiger partial charge in [0.25, 0.3) is 0 Å². The molecule has 0 aliphatic carbocycles. The fourth-order valence-corrected chi connectivity index (χ4v) is 1.97. The van der Waals surface area contributed by atoms with E-state index in [-0.39, 0.29) is 5.92 Å². The van der Waals surface area contributed by atoms with Gasteiger partial charge in [-0.1, -0.05) is 20.8 Å². The topological polar surface area (TPSA) is 49.3 Å². The number of hydrogen-bond acceptors (Lipinski definition) is 3. The average molecular weight is 219 g/mol. The highest BCUT2D eigenvalue weighted by molar-refractivity contribution is 7.98. The van der Waals surface area contributed by atoms with Crippen LogP contribution in [-0.2, 0) is 4.79 Å². The van der Waals surface area contributed by atoms with Crippen molar-refractivity contribution in [2.75, 3.05) is 18.6 Å². The van der Waals surface area contributed by atoms with E-state index in [4.69, 9.17) is 5.11 Å². The number of carbonyl (C=O) groups is 1. The molecule has 2 unspecified atom stereocenters. The lowest BCUT2D eigenvalue weighted by molar-refractivity contribution is -0.140. The second-order valence-corrected chi connectivity index (χ2v) is 4.94. The Morgan fingerprint density at radius 1 is 1.43 bits per heavy atom. The minimum absolute atomic E-state index is 0.133. The largest absolute Gasteiger partial charge is 0.480 e. The van der Waals surface area contributed by atoms with E-state index in [1.54, 1.807) is 11.8 Å². The van der Waals surface area contributed by atoms with E-state index in [1.807, 2.05) is 13.8 Å². The van der Waals surface area contributed by atoms with Crippen LogP contribution in [-0.4, -0.2) is 35.7 Å². The van der Waals surface area contributed by atoms with Gasteiger partial charge in [-0.15, -0.1) is 0 Å². The molecule has 2 N–H and O–H groups in total. The molecule has 0 rings (SSSR count). The van der Waals surface area contributed by atoms with E-state index in [0.29, 0.717) is 5.92 Å². The lowest BCUT2D eigenvalue weighted by Gasteiger charge is -2.20. The van der Waals surface area contributed by atoms with Crippen molar-refractivity contribution < 1.29 is 9.90 Å². The summed E-state index contributed by atoms with van der Waals surface area (Å²) in [4.78, 5) is 10.8. The minimum Gasteiger partial charge on any atom is -0.480 e. The zero-order chi connectivity index (χ0) is 11.1. The number of hydrogen-bond donors (Lipinski definition) is 2. The monoisotopic (exact) mass is 219 g/mol. The molecule has 0 aromatic carbocycles. The normalized spacial score (nSPS) is 15.5. The van der Waals surface area contributed by atoms with E-state index >= 15 is 0 Å². The van der Waals surface area contributed by atoms with E-state index in [2.05, 4.69) is 18.5 Å². The van der Waals surface area contributed by atoms with Crippen molar-refractivity contribution in [2.24, 2.45) is 11.8 Å². The molecule has 4 heteroatoms. The summed E-state index contributed by atoms with van der Waals surface area (Å²) in [5.74, 6) is 0.966. The number of carboxylic acid groups (broad SMARTS) is 1. The fraction of sp³-hybridized carbons (Fsp3) is 0.900. The number of rotatable bonds is 7. The highest BCUT2D eigenvalue weighted by Crippen LogP contribution is 2.06. The molecule has 0 heterocycles. The molecule has 0 amide bonds. The van der Waals surface area contributed by atoms with Crippen LogP contribution in [0.25, 0.3) is 0 Å². The molecule has 0 aliphatic rings. The molecule has 3 nitrogen and oxygen atoms in total. The SMILES string of the molecule is CSCC(C)CNC(C(=O)O)C(C)C. The van der Waals surface area contributed by atoms with Crippen LogP contribution in [0.15, 0.2) is 0 Å². The molecule has 0 aromatic heterocycles. The van der Waals surface area contributed by atoms with Gasteiger partial charge in [0.05, 0.1) is 0 Å². The van der Waals surface area contributed by atoms with Crippen LogP contribution in [0.5, 0.6) is 0 Å². The van der Waals surface area contributed by atoms with Crippen LogP contribution in [0.2, 0.25) is 0 Å². The summed E-state index contributed by atoms with van der Waals surface area (Å²) < 4.78 is 0. The number of nitrogens with one attached hydrogen (secondary N) is 1. The summed E-state index contributed by atoms with van der Waals surface area (Å²) in [6, 6.07) is -0.417. The Labute approximate surface area is 90.7 Å². The Kier molecular flexibility index (Phi) is 7.01. The van der Waals surface area contributed by atoms with Crippen molar-refractivity contribution in [1.82, 2.24) is 5.32 Å². The first-order valence-electron chi connectivity index (χ1n) is 4.94. The Hall–Kier alpha value is -0.220. The molecule has 0 saturated heterocycles. The summed E-state index contributed by atoms with van der Waals surface area (Å²) in [7, 11) is 0. The van der Waals surface area contributed by atoms with Gasteiger partial charge in [0.2, 0.25) is 0 Å². The standard InChI is InChI=1S/C10H21NO2S/c1-7(2)9(10(12)13)11-5-8(3)6-14-4/h7-9,11H,5-6H2,1-4H3,(H,12,13). The van der Waals surface area contributed by atoms with Crippen LogP contribution < -0.4 is 5.32 Å².